The van der Waals surface area contributed by atoms with Crippen LogP contribution in [0.4, 0.5) is 0 Å². The predicted octanol–water partition coefficient (Wildman–Crippen LogP) is -10.9. The van der Waals surface area contributed by atoms with Crippen molar-refractivity contribution in [2.75, 3.05) is 33.0 Å². The third-order valence-corrected chi connectivity index (χ3v) is 10.5. The summed E-state index contributed by atoms with van der Waals surface area (Å²) in [6.07, 6.45) is -45.4. The molecule has 55 heavy (non-hydrogen) atoms. The van der Waals surface area contributed by atoms with Crippen molar-refractivity contribution in [3.8, 4) is 0 Å². The van der Waals surface area contributed by atoms with E-state index in [0.717, 1.165) is 0 Å². The van der Waals surface area contributed by atoms with Crippen LogP contribution in [-0.2, 0) is 47.4 Å². The highest BCUT2D eigenvalue weighted by Crippen LogP contribution is 2.34. The van der Waals surface area contributed by atoms with E-state index in [2.05, 4.69) is 0 Å². The number of aliphatic hydroxyl groups excluding tert-OH is 15. The molecular formula is C30H50O25. The number of fused-ring (bicyclic) bond motifs is 8. The minimum atomic E-state index is -2.04. The lowest BCUT2D eigenvalue weighted by atomic mass is 9.96. The zero-order valence-corrected chi connectivity index (χ0v) is 28.8. The van der Waals surface area contributed by atoms with Crippen LogP contribution in [0.5, 0.6) is 0 Å². The van der Waals surface area contributed by atoms with Crippen LogP contribution in [0.3, 0.4) is 0 Å². The van der Waals surface area contributed by atoms with Gasteiger partial charge in [0.15, 0.2) is 31.5 Å². The van der Waals surface area contributed by atoms with Crippen molar-refractivity contribution in [3.05, 3.63) is 0 Å². The van der Waals surface area contributed by atoms with Crippen LogP contribution < -0.4 is 0 Å². The number of ether oxygens (including phenoxy) is 10. The lowest BCUT2D eigenvalue weighted by molar-refractivity contribution is -0.385. The van der Waals surface area contributed by atoms with Gasteiger partial charge < -0.3 is 124 Å². The smallest absolute Gasteiger partial charge is 0.187 e. The summed E-state index contributed by atoms with van der Waals surface area (Å²) >= 11 is 0. The van der Waals surface area contributed by atoms with E-state index in [1.165, 1.54) is 0 Å². The van der Waals surface area contributed by atoms with Gasteiger partial charge in [-0.15, -0.1) is 0 Å². The van der Waals surface area contributed by atoms with Crippen LogP contribution in [0.25, 0.3) is 0 Å². The van der Waals surface area contributed by atoms with E-state index in [9.17, 15) is 76.6 Å². The van der Waals surface area contributed by atoms with Crippen molar-refractivity contribution in [2.45, 2.75) is 154 Å². The number of hydrogen-bond acceptors (Lipinski definition) is 25. The monoisotopic (exact) mass is 810 g/mol. The number of hydrogen-bond donors (Lipinski definition) is 15. The standard InChI is InChI=1S/C30H50O25/c31-1-6-11(33)16(38)19(41)26(49-6)46-5-10-15(37)25-23(45)28(51-10)48-4-9-13(35)17(39)20(42)29(52-9)54-24-14(36)7(2-32)50-27(22(24)44)47-3-8-12(34)18(40)21(43)30(53-8)55-25/h6-45H,1-5H2/t6?,7?,8?,9?,10?,11-,12+,13+,14+,15+,16?,17-,18-,19+,20?,21?,22?,23?,24-,25-,26+,27?,28?,29+,30+/m0/s1. The molecule has 6 aliphatic rings. The Morgan fingerprint density at radius 2 is 0.782 bits per heavy atom. The van der Waals surface area contributed by atoms with Gasteiger partial charge in [-0.25, -0.2) is 0 Å². The second-order valence-electron chi connectivity index (χ2n) is 14.2. The fourth-order valence-electron chi connectivity index (χ4n) is 7.11. The topological polar surface area (TPSA) is 396 Å². The van der Waals surface area contributed by atoms with Crippen molar-refractivity contribution in [1.82, 2.24) is 0 Å². The second-order valence-corrected chi connectivity index (χ2v) is 14.2. The molecule has 6 fully saturated rings. The molecule has 25 atom stereocenters. The maximum Gasteiger partial charge on any atom is 0.187 e. The van der Waals surface area contributed by atoms with Crippen LogP contribution in [0.15, 0.2) is 0 Å². The molecule has 15 N–H and O–H groups in total. The summed E-state index contributed by atoms with van der Waals surface area (Å²) in [6, 6.07) is 0. The van der Waals surface area contributed by atoms with Gasteiger partial charge in [0.05, 0.1) is 33.0 Å². The molecule has 6 rings (SSSR count). The van der Waals surface area contributed by atoms with Crippen LogP contribution in [0.2, 0.25) is 0 Å². The first kappa shape index (κ1) is 43.6. The summed E-state index contributed by atoms with van der Waals surface area (Å²) in [5.41, 5.74) is 0. The molecule has 6 aliphatic heterocycles. The van der Waals surface area contributed by atoms with Gasteiger partial charge in [0.25, 0.3) is 0 Å². The average Bonchev–Trinajstić information content (AvgIpc) is 3.17. The third kappa shape index (κ3) is 8.68. The zero-order chi connectivity index (χ0) is 40.0. The highest BCUT2D eigenvalue weighted by Gasteiger charge is 2.55. The van der Waals surface area contributed by atoms with Crippen molar-refractivity contribution in [1.29, 1.82) is 0 Å². The Labute approximate surface area is 310 Å². The summed E-state index contributed by atoms with van der Waals surface area (Å²) < 4.78 is 56.0. The van der Waals surface area contributed by atoms with Crippen LogP contribution in [0.1, 0.15) is 0 Å². The fourth-order valence-corrected chi connectivity index (χ4v) is 7.11. The molecule has 320 valence electrons. The average molecular weight is 811 g/mol. The van der Waals surface area contributed by atoms with Crippen LogP contribution in [0, 0.1) is 0 Å². The van der Waals surface area contributed by atoms with E-state index in [4.69, 9.17) is 47.4 Å². The first-order chi connectivity index (χ1) is 26.1. The molecule has 0 amide bonds. The predicted molar refractivity (Wildman–Crippen MR) is 163 cm³/mol. The molecule has 0 radical (unpaired) electrons. The van der Waals surface area contributed by atoms with Crippen molar-refractivity contribution >= 4 is 0 Å². The third-order valence-electron chi connectivity index (χ3n) is 10.5. The molecule has 0 aromatic rings. The summed E-state index contributed by atoms with van der Waals surface area (Å²) in [5.74, 6) is 0. The van der Waals surface area contributed by atoms with E-state index in [1.54, 1.807) is 0 Å². The Hall–Kier alpha value is -1.00. The molecule has 0 aromatic carbocycles. The van der Waals surface area contributed by atoms with Gasteiger partial charge in [-0.05, 0) is 0 Å². The van der Waals surface area contributed by atoms with Gasteiger partial charge in [-0.3, -0.25) is 0 Å². The van der Waals surface area contributed by atoms with Crippen LogP contribution in [-0.4, -0.2) is 263 Å². The van der Waals surface area contributed by atoms with E-state index >= 15 is 0 Å². The largest absolute Gasteiger partial charge is 0.394 e. The van der Waals surface area contributed by atoms with Gasteiger partial charge in [-0.1, -0.05) is 0 Å². The van der Waals surface area contributed by atoms with Gasteiger partial charge >= 0.3 is 0 Å². The highest BCUT2D eigenvalue weighted by molar-refractivity contribution is 4.98. The summed E-state index contributed by atoms with van der Waals surface area (Å²) in [7, 11) is 0. The van der Waals surface area contributed by atoms with E-state index in [-0.39, 0.29) is 0 Å². The van der Waals surface area contributed by atoms with Crippen molar-refractivity contribution in [2.24, 2.45) is 0 Å². The zero-order valence-electron chi connectivity index (χ0n) is 28.8. The van der Waals surface area contributed by atoms with Gasteiger partial charge in [-0.2, -0.15) is 0 Å². The molecule has 25 nitrogen and oxygen atoms in total. The van der Waals surface area contributed by atoms with E-state index < -0.39 is 187 Å². The highest BCUT2D eigenvalue weighted by atomic mass is 16.8. The normalized spacial score (nSPS) is 55.6. The number of aliphatic hydroxyl groups is 15. The summed E-state index contributed by atoms with van der Waals surface area (Å²) in [6.45, 7) is -3.90. The summed E-state index contributed by atoms with van der Waals surface area (Å²) in [4.78, 5) is 0. The Kier molecular flexibility index (Phi) is 14.3. The van der Waals surface area contributed by atoms with Gasteiger partial charge in [0.1, 0.15) is 122 Å². The molecule has 12 unspecified atom stereocenters. The first-order valence-corrected chi connectivity index (χ1v) is 17.6. The summed E-state index contributed by atoms with van der Waals surface area (Å²) in [5, 5.41) is 159. The van der Waals surface area contributed by atoms with Gasteiger partial charge in [0.2, 0.25) is 0 Å². The number of rotatable bonds is 5. The molecule has 25 heteroatoms. The minimum absolute atomic E-state index is 0.742. The fraction of sp³-hybridized carbons (Fsp3) is 1.00. The Bertz CT molecular complexity index is 1220. The molecule has 6 saturated heterocycles. The Morgan fingerprint density at radius 3 is 1.25 bits per heavy atom. The lowest BCUT2D eigenvalue weighted by Gasteiger charge is -2.48. The second kappa shape index (κ2) is 18.1. The van der Waals surface area contributed by atoms with Crippen LogP contribution >= 0.6 is 0 Å². The molecule has 8 bridgehead atoms. The Balaban J connectivity index is 1.29. The van der Waals surface area contributed by atoms with E-state index in [0.29, 0.717) is 0 Å². The maximum atomic E-state index is 11.4. The molecular weight excluding hydrogens is 760 g/mol. The molecule has 6 heterocycles. The lowest BCUT2D eigenvalue weighted by Crippen LogP contribution is -2.67. The minimum Gasteiger partial charge on any atom is -0.394 e. The molecule has 0 spiro atoms. The first-order valence-electron chi connectivity index (χ1n) is 17.6. The van der Waals surface area contributed by atoms with Crippen molar-refractivity contribution < 1.29 is 124 Å². The maximum absolute atomic E-state index is 11.4. The van der Waals surface area contributed by atoms with Crippen molar-refractivity contribution in [3.63, 3.8) is 0 Å². The SMILES string of the molecule is OCC1O[C@@H](OCC2OC3OCC4O[C@H](O[C@@H]5C(O)C(OCC6O[C@H](O[C@H](C3O)[C@@H]2O)C(O)[C@@H](O)[C@@H]6O)OC(CO)[C@H]5O)C(O)[C@@H](O)[C@@H]4O)[C@H](O)C(O)[C@H]1O. The quantitative estimate of drug-likeness (QED) is 0.123. The molecule has 0 aromatic heterocycles. The van der Waals surface area contributed by atoms with E-state index in [1.807, 2.05) is 0 Å². The van der Waals surface area contributed by atoms with Gasteiger partial charge in [0, 0.05) is 0 Å². The molecule has 0 saturated carbocycles. The Morgan fingerprint density at radius 1 is 0.364 bits per heavy atom. The molecule has 0 aliphatic carbocycles.